The fourth-order valence-electron chi connectivity index (χ4n) is 2.45. The van der Waals surface area contributed by atoms with Crippen molar-refractivity contribution >= 4 is 17.7 Å². The van der Waals surface area contributed by atoms with E-state index in [-0.39, 0.29) is 18.3 Å². The number of thioether (sulfide) groups is 1. The summed E-state index contributed by atoms with van der Waals surface area (Å²) >= 11 is 1.21. The van der Waals surface area contributed by atoms with Crippen molar-refractivity contribution in [2.24, 2.45) is 0 Å². The molecule has 0 bridgehead atoms. The Hall–Kier alpha value is -2.94. The fourth-order valence-corrected chi connectivity index (χ4v) is 3.15. The number of nitrogens with one attached hydrogen (secondary N) is 1. The van der Waals surface area contributed by atoms with Crippen LogP contribution < -0.4 is 15.9 Å². The molecule has 3 aromatic rings. The van der Waals surface area contributed by atoms with Gasteiger partial charge in [-0.05, 0) is 37.1 Å². The molecule has 1 amide bonds. The zero-order valence-corrected chi connectivity index (χ0v) is 16.0. The summed E-state index contributed by atoms with van der Waals surface area (Å²) in [7, 11) is 0. The van der Waals surface area contributed by atoms with Gasteiger partial charge in [-0.15, -0.1) is 10.2 Å². The van der Waals surface area contributed by atoms with Gasteiger partial charge in [0.15, 0.2) is 5.82 Å². The summed E-state index contributed by atoms with van der Waals surface area (Å²) in [5, 5.41) is 11.3. The molecule has 0 aliphatic heterocycles. The monoisotopic (exact) mass is 387 g/mol. The number of nitrogens with two attached hydrogens (primary N) is 1. The number of ether oxygens (including phenoxy) is 1. The highest BCUT2D eigenvalue weighted by Gasteiger charge is 2.14. The second kappa shape index (κ2) is 8.63. The first-order valence-corrected chi connectivity index (χ1v) is 9.33. The largest absolute Gasteiger partial charge is 0.485 e. The van der Waals surface area contributed by atoms with E-state index in [9.17, 15) is 4.79 Å². The van der Waals surface area contributed by atoms with Crippen LogP contribution in [0.15, 0.2) is 46.2 Å². The van der Waals surface area contributed by atoms with Gasteiger partial charge in [-0.1, -0.05) is 30.0 Å². The number of nitrogen functional groups attached to an aromatic ring is 1. The molecule has 3 N–H and O–H groups in total. The molecule has 0 aliphatic carbocycles. The highest BCUT2D eigenvalue weighted by molar-refractivity contribution is 7.99. The molecule has 0 atom stereocenters. The zero-order chi connectivity index (χ0) is 19.2. The van der Waals surface area contributed by atoms with Crippen molar-refractivity contribution in [1.82, 2.24) is 20.2 Å². The second-order valence-electron chi connectivity index (χ2n) is 5.92. The van der Waals surface area contributed by atoms with Crippen LogP contribution in [0, 0.1) is 13.8 Å². The number of para-hydroxylation sites is 1. The molecule has 0 saturated heterocycles. The maximum atomic E-state index is 11.9. The van der Waals surface area contributed by atoms with Crippen LogP contribution in [-0.4, -0.2) is 26.5 Å². The van der Waals surface area contributed by atoms with Crippen LogP contribution in [0.2, 0.25) is 0 Å². The standard InChI is InChI=1S/C18H21N5O3S/c1-12-5-3-6-13(2)17(12)26-10-15-21-22-18(23(15)19)27-11-16(24)20-9-14-7-4-8-25-14/h3-8H,9-11,19H2,1-2H3,(H,20,24). The fraction of sp³-hybridized carbons (Fsp3) is 0.278. The lowest BCUT2D eigenvalue weighted by Crippen LogP contribution is -2.25. The SMILES string of the molecule is Cc1cccc(C)c1OCc1nnc(SCC(=O)NCc2ccco2)n1N. The molecule has 0 aliphatic rings. The summed E-state index contributed by atoms with van der Waals surface area (Å²) in [5.74, 6) is 8.04. The topological polar surface area (TPSA) is 108 Å². The molecule has 1 aromatic carbocycles. The first-order valence-electron chi connectivity index (χ1n) is 8.35. The average molecular weight is 387 g/mol. The number of hydrogen-bond acceptors (Lipinski definition) is 7. The number of nitrogens with zero attached hydrogens (tertiary/aromatic N) is 3. The van der Waals surface area contributed by atoms with E-state index in [1.807, 2.05) is 32.0 Å². The van der Waals surface area contributed by atoms with Crippen molar-refractivity contribution < 1.29 is 13.9 Å². The third kappa shape index (κ3) is 4.82. The van der Waals surface area contributed by atoms with Gasteiger partial charge in [0.05, 0.1) is 18.6 Å². The lowest BCUT2D eigenvalue weighted by Gasteiger charge is -2.11. The molecule has 2 aromatic heterocycles. The molecule has 8 nitrogen and oxygen atoms in total. The van der Waals surface area contributed by atoms with Crippen LogP contribution in [0.3, 0.4) is 0 Å². The maximum Gasteiger partial charge on any atom is 0.230 e. The highest BCUT2D eigenvalue weighted by Crippen LogP contribution is 2.23. The Morgan fingerprint density at radius 1 is 1.26 bits per heavy atom. The molecule has 0 fully saturated rings. The van der Waals surface area contributed by atoms with E-state index in [4.69, 9.17) is 15.0 Å². The summed E-state index contributed by atoms with van der Waals surface area (Å²) in [6.45, 7) is 4.51. The minimum absolute atomic E-state index is 0.146. The van der Waals surface area contributed by atoms with Gasteiger partial charge in [0.25, 0.3) is 0 Å². The number of furan rings is 1. The third-order valence-corrected chi connectivity index (χ3v) is 4.80. The Morgan fingerprint density at radius 3 is 2.74 bits per heavy atom. The van der Waals surface area contributed by atoms with E-state index in [0.717, 1.165) is 16.9 Å². The van der Waals surface area contributed by atoms with Gasteiger partial charge in [-0.3, -0.25) is 4.79 Å². The normalized spacial score (nSPS) is 10.7. The third-order valence-electron chi connectivity index (χ3n) is 3.86. The smallest absolute Gasteiger partial charge is 0.230 e. The van der Waals surface area contributed by atoms with Crippen LogP contribution >= 0.6 is 11.8 Å². The van der Waals surface area contributed by atoms with Crippen LogP contribution in [0.1, 0.15) is 22.7 Å². The Balaban J connectivity index is 1.51. The van der Waals surface area contributed by atoms with Gasteiger partial charge in [-0.2, -0.15) is 0 Å². The first kappa shape index (κ1) is 18.8. The molecule has 27 heavy (non-hydrogen) atoms. The predicted molar refractivity (Wildman–Crippen MR) is 102 cm³/mol. The van der Waals surface area contributed by atoms with Gasteiger partial charge in [0.1, 0.15) is 18.1 Å². The summed E-state index contributed by atoms with van der Waals surface area (Å²) in [5.41, 5.74) is 2.09. The van der Waals surface area contributed by atoms with Crippen molar-refractivity contribution in [2.45, 2.75) is 32.2 Å². The first-order chi connectivity index (χ1) is 13.0. The lowest BCUT2D eigenvalue weighted by molar-refractivity contribution is -0.118. The average Bonchev–Trinajstić information content (AvgIpc) is 3.28. The Kier molecular flexibility index (Phi) is 6.02. The Labute approximate surface area is 161 Å². The van der Waals surface area contributed by atoms with Crippen LogP contribution in [0.4, 0.5) is 0 Å². The molecular formula is C18H21N5O3S. The van der Waals surface area contributed by atoms with E-state index < -0.39 is 0 Å². The minimum Gasteiger partial charge on any atom is -0.485 e. The number of amides is 1. The van der Waals surface area contributed by atoms with Gasteiger partial charge in [0.2, 0.25) is 11.1 Å². The number of aryl methyl sites for hydroxylation is 2. The quantitative estimate of drug-likeness (QED) is 0.450. The van der Waals surface area contributed by atoms with Crippen LogP contribution in [0.5, 0.6) is 5.75 Å². The predicted octanol–water partition coefficient (Wildman–Crippen LogP) is 2.19. The Bertz CT molecular complexity index is 888. The van der Waals surface area contributed by atoms with Gasteiger partial charge >= 0.3 is 0 Å². The maximum absolute atomic E-state index is 11.9. The van der Waals surface area contributed by atoms with E-state index in [1.54, 1.807) is 18.4 Å². The van der Waals surface area contributed by atoms with Crippen molar-refractivity contribution in [2.75, 3.05) is 11.6 Å². The molecule has 3 rings (SSSR count). The minimum atomic E-state index is -0.146. The van der Waals surface area contributed by atoms with Crippen LogP contribution in [-0.2, 0) is 17.9 Å². The molecule has 0 unspecified atom stereocenters. The molecule has 0 saturated carbocycles. The zero-order valence-electron chi connectivity index (χ0n) is 15.1. The van der Waals surface area contributed by atoms with Crippen molar-refractivity contribution in [1.29, 1.82) is 0 Å². The van der Waals surface area contributed by atoms with E-state index in [1.165, 1.54) is 16.4 Å². The van der Waals surface area contributed by atoms with Gasteiger partial charge < -0.3 is 20.3 Å². The van der Waals surface area contributed by atoms with Gasteiger partial charge in [-0.25, -0.2) is 4.68 Å². The second-order valence-corrected chi connectivity index (χ2v) is 6.87. The number of carbonyl (C=O) groups is 1. The lowest BCUT2D eigenvalue weighted by atomic mass is 10.1. The van der Waals surface area contributed by atoms with Gasteiger partial charge in [0, 0.05) is 0 Å². The molecule has 2 heterocycles. The Morgan fingerprint density at radius 2 is 2.04 bits per heavy atom. The van der Waals surface area contributed by atoms with Crippen LogP contribution in [0.25, 0.3) is 0 Å². The van der Waals surface area contributed by atoms with E-state index in [2.05, 4.69) is 15.5 Å². The summed E-state index contributed by atoms with van der Waals surface area (Å²) < 4.78 is 12.4. The summed E-state index contributed by atoms with van der Waals surface area (Å²) in [6, 6.07) is 9.52. The van der Waals surface area contributed by atoms with Crippen molar-refractivity contribution in [3.63, 3.8) is 0 Å². The van der Waals surface area contributed by atoms with Crippen molar-refractivity contribution in [3.05, 3.63) is 59.3 Å². The highest BCUT2D eigenvalue weighted by atomic mass is 32.2. The summed E-state index contributed by atoms with van der Waals surface area (Å²) in [6.07, 6.45) is 1.56. The molecular weight excluding hydrogens is 366 g/mol. The number of benzene rings is 1. The number of carbonyl (C=O) groups excluding carboxylic acids is 1. The van der Waals surface area contributed by atoms with E-state index in [0.29, 0.717) is 23.3 Å². The number of hydrogen-bond donors (Lipinski definition) is 2. The molecule has 9 heteroatoms. The molecule has 142 valence electrons. The number of aromatic nitrogens is 3. The van der Waals surface area contributed by atoms with E-state index >= 15 is 0 Å². The number of rotatable bonds is 8. The summed E-state index contributed by atoms with van der Waals surface area (Å²) in [4.78, 5) is 11.9. The molecule has 0 spiro atoms. The van der Waals surface area contributed by atoms with Crippen molar-refractivity contribution in [3.8, 4) is 5.75 Å². The molecule has 0 radical (unpaired) electrons.